The number of hydrogen-bond acceptors (Lipinski definition) is 1. The summed E-state index contributed by atoms with van der Waals surface area (Å²) < 4.78 is 24.5. The second-order valence-corrected chi connectivity index (χ2v) is 2.55. The lowest BCUT2D eigenvalue weighted by Crippen LogP contribution is -2.06. The van der Waals surface area contributed by atoms with Gasteiger partial charge in [0.25, 0.3) is 0 Å². The molecule has 0 spiro atoms. The zero-order valence-electron chi connectivity index (χ0n) is 5.06. The summed E-state index contributed by atoms with van der Waals surface area (Å²) in [6, 6.07) is 0. The topological polar surface area (TPSA) is 20.2 Å². The van der Waals surface area contributed by atoms with Crippen LogP contribution in [0.3, 0.4) is 0 Å². The molecule has 1 fully saturated rings. The van der Waals surface area contributed by atoms with E-state index >= 15 is 0 Å². The molecule has 0 bridgehead atoms. The van der Waals surface area contributed by atoms with Crippen LogP contribution in [0.5, 0.6) is 0 Å². The first kappa shape index (κ1) is 6.93. The molecular weight excluding hydrogens is 126 g/mol. The molecule has 2 atom stereocenters. The average Bonchev–Trinajstić information content (AvgIpc) is 2.13. The number of aliphatic hydroxyl groups excluding tert-OH is 1. The fourth-order valence-electron chi connectivity index (χ4n) is 1.18. The van der Waals surface area contributed by atoms with E-state index in [-0.39, 0.29) is 25.4 Å². The first-order valence-electron chi connectivity index (χ1n) is 3.13. The largest absolute Gasteiger partial charge is 0.396 e. The van der Waals surface area contributed by atoms with Crippen LogP contribution in [0.25, 0.3) is 0 Å². The smallest absolute Gasteiger partial charge is 0.132 e. The van der Waals surface area contributed by atoms with Crippen LogP contribution in [0.2, 0.25) is 0 Å². The van der Waals surface area contributed by atoms with Gasteiger partial charge in [-0.05, 0) is 18.8 Å². The van der Waals surface area contributed by atoms with Crippen molar-refractivity contribution in [2.75, 3.05) is 6.61 Å². The van der Waals surface area contributed by atoms with Crippen LogP contribution in [0, 0.1) is 5.92 Å². The quantitative estimate of drug-likeness (QED) is 0.571. The molecular formula is C6H10F2O. The van der Waals surface area contributed by atoms with Crippen LogP contribution in [-0.2, 0) is 0 Å². The van der Waals surface area contributed by atoms with Gasteiger partial charge in [-0.2, -0.15) is 0 Å². The van der Waals surface area contributed by atoms with Crippen molar-refractivity contribution in [1.82, 2.24) is 0 Å². The van der Waals surface area contributed by atoms with Gasteiger partial charge in [-0.1, -0.05) is 0 Å². The molecule has 0 aromatic rings. The molecule has 0 saturated heterocycles. The van der Waals surface area contributed by atoms with Crippen molar-refractivity contribution in [3.8, 4) is 0 Å². The van der Waals surface area contributed by atoms with Crippen molar-refractivity contribution in [2.45, 2.75) is 25.2 Å². The van der Waals surface area contributed by atoms with E-state index in [2.05, 4.69) is 0 Å². The molecule has 1 N–H and O–H groups in total. The first-order valence-corrected chi connectivity index (χ1v) is 3.13. The Labute approximate surface area is 52.7 Å². The molecule has 2 unspecified atom stereocenters. The van der Waals surface area contributed by atoms with E-state index < -0.39 is 12.3 Å². The Balaban J connectivity index is 2.35. The molecule has 3 heteroatoms. The fourth-order valence-corrected chi connectivity index (χ4v) is 1.18. The molecule has 9 heavy (non-hydrogen) atoms. The number of aliphatic hydroxyl groups is 1. The lowest BCUT2D eigenvalue weighted by atomic mass is 10.1. The third-order valence-corrected chi connectivity index (χ3v) is 1.77. The van der Waals surface area contributed by atoms with Crippen LogP contribution >= 0.6 is 0 Å². The third kappa shape index (κ3) is 1.39. The van der Waals surface area contributed by atoms with Crippen molar-refractivity contribution in [2.24, 2.45) is 5.92 Å². The summed E-state index contributed by atoms with van der Waals surface area (Å²) in [6.45, 7) is -0.0825. The predicted molar refractivity (Wildman–Crippen MR) is 29.6 cm³/mol. The van der Waals surface area contributed by atoms with E-state index in [0.29, 0.717) is 0 Å². The Hall–Kier alpha value is -0.180. The van der Waals surface area contributed by atoms with Crippen LogP contribution < -0.4 is 0 Å². The van der Waals surface area contributed by atoms with Gasteiger partial charge in [0.2, 0.25) is 0 Å². The SMILES string of the molecule is OCC1CC(F)C(F)C1. The minimum Gasteiger partial charge on any atom is -0.396 e. The third-order valence-electron chi connectivity index (χ3n) is 1.77. The van der Waals surface area contributed by atoms with Crippen molar-refractivity contribution < 1.29 is 13.9 Å². The Morgan fingerprint density at radius 2 is 1.67 bits per heavy atom. The van der Waals surface area contributed by atoms with E-state index in [4.69, 9.17) is 5.11 Å². The second-order valence-electron chi connectivity index (χ2n) is 2.55. The molecule has 0 aromatic heterocycles. The Bertz CT molecular complexity index is 87.1. The van der Waals surface area contributed by atoms with Gasteiger partial charge in [0.05, 0.1) is 0 Å². The molecule has 0 amide bonds. The van der Waals surface area contributed by atoms with Crippen LogP contribution in [0.15, 0.2) is 0 Å². The summed E-state index contributed by atoms with van der Waals surface area (Å²) in [7, 11) is 0. The summed E-state index contributed by atoms with van der Waals surface area (Å²) in [5.41, 5.74) is 0. The maximum atomic E-state index is 12.3. The Morgan fingerprint density at radius 3 is 1.89 bits per heavy atom. The summed E-state index contributed by atoms with van der Waals surface area (Å²) in [5, 5.41) is 8.47. The predicted octanol–water partition coefficient (Wildman–Crippen LogP) is 1.06. The minimum atomic E-state index is -1.33. The molecule has 54 valence electrons. The maximum absolute atomic E-state index is 12.3. The maximum Gasteiger partial charge on any atom is 0.132 e. The standard InChI is InChI=1S/C6H10F2O/c7-5-1-4(3-9)2-6(5)8/h4-6,9H,1-3H2. The van der Waals surface area contributed by atoms with E-state index in [9.17, 15) is 8.78 Å². The van der Waals surface area contributed by atoms with Crippen molar-refractivity contribution in [3.63, 3.8) is 0 Å². The lowest BCUT2D eigenvalue weighted by Gasteiger charge is -1.99. The molecule has 0 radical (unpaired) electrons. The molecule has 1 aliphatic carbocycles. The summed E-state index contributed by atoms with van der Waals surface area (Å²) in [6.07, 6.45) is -2.28. The van der Waals surface area contributed by atoms with Crippen LogP contribution in [-0.4, -0.2) is 24.1 Å². The van der Waals surface area contributed by atoms with Gasteiger partial charge in [0.15, 0.2) is 0 Å². The average molecular weight is 136 g/mol. The van der Waals surface area contributed by atoms with E-state index in [1.807, 2.05) is 0 Å². The van der Waals surface area contributed by atoms with Gasteiger partial charge >= 0.3 is 0 Å². The van der Waals surface area contributed by atoms with Gasteiger partial charge in [-0.25, -0.2) is 8.78 Å². The number of halogens is 2. The molecule has 1 aliphatic rings. The molecule has 1 saturated carbocycles. The minimum absolute atomic E-state index is 0.0825. The molecule has 1 rings (SSSR count). The zero-order valence-corrected chi connectivity index (χ0v) is 5.06. The summed E-state index contributed by atoms with van der Waals surface area (Å²) >= 11 is 0. The number of rotatable bonds is 1. The molecule has 0 heterocycles. The van der Waals surface area contributed by atoms with Gasteiger partial charge in [-0.3, -0.25) is 0 Å². The molecule has 1 nitrogen and oxygen atoms in total. The normalized spacial score (nSPS) is 43.7. The summed E-state index contributed by atoms with van der Waals surface area (Å²) in [5.74, 6) is -0.144. The monoisotopic (exact) mass is 136 g/mol. The van der Waals surface area contributed by atoms with Gasteiger partial charge in [0.1, 0.15) is 12.3 Å². The lowest BCUT2D eigenvalue weighted by molar-refractivity contribution is 0.199. The zero-order chi connectivity index (χ0) is 6.85. The number of hydrogen-bond donors (Lipinski definition) is 1. The first-order chi connectivity index (χ1) is 4.24. The van der Waals surface area contributed by atoms with E-state index in [1.165, 1.54) is 0 Å². The van der Waals surface area contributed by atoms with Crippen LogP contribution in [0.1, 0.15) is 12.8 Å². The van der Waals surface area contributed by atoms with Crippen molar-refractivity contribution >= 4 is 0 Å². The van der Waals surface area contributed by atoms with Crippen molar-refractivity contribution in [1.29, 1.82) is 0 Å². The fraction of sp³-hybridized carbons (Fsp3) is 1.00. The highest BCUT2D eigenvalue weighted by atomic mass is 19.2. The van der Waals surface area contributed by atoms with Crippen LogP contribution in [0.4, 0.5) is 8.78 Å². The molecule has 0 aliphatic heterocycles. The van der Waals surface area contributed by atoms with Gasteiger partial charge in [-0.15, -0.1) is 0 Å². The van der Waals surface area contributed by atoms with E-state index in [1.54, 1.807) is 0 Å². The Morgan fingerprint density at radius 1 is 1.22 bits per heavy atom. The van der Waals surface area contributed by atoms with Gasteiger partial charge in [0, 0.05) is 6.61 Å². The van der Waals surface area contributed by atoms with Gasteiger partial charge < -0.3 is 5.11 Å². The Kier molecular flexibility index (Phi) is 2.01. The summed E-state index contributed by atoms with van der Waals surface area (Å²) in [4.78, 5) is 0. The highest BCUT2D eigenvalue weighted by Crippen LogP contribution is 2.29. The second kappa shape index (κ2) is 2.60. The number of alkyl halides is 2. The van der Waals surface area contributed by atoms with Crippen molar-refractivity contribution in [3.05, 3.63) is 0 Å². The van der Waals surface area contributed by atoms with E-state index in [0.717, 1.165) is 0 Å². The highest BCUT2D eigenvalue weighted by Gasteiger charge is 2.33. The highest BCUT2D eigenvalue weighted by molar-refractivity contribution is 4.82. The molecule has 0 aromatic carbocycles.